The molecule has 8 heteroatoms. The molecule has 3 heterocycles. The van der Waals surface area contributed by atoms with E-state index < -0.39 is 5.97 Å². The quantitative estimate of drug-likeness (QED) is 0.646. The molecule has 1 fully saturated rings. The molecule has 2 N–H and O–H groups in total. The van der Waals surface area contributed by atoms with Crippen LogP contribution in [0.3, 0.4) is 0 Å². The summed E-state index contributed by atoms with van der Waals surface area (Å²) in [6.07, 6.45) is 1.19. The highest BCUT2D eigenvalue weighted by atomic mass is 32.1. The number of benzene rings is 1. The summed E-state index contributed by atoms with van der Waals surface area (Å²) in [6.45, 7) is 5.93. The lowest BCUT2D eigenvalue weighted by molar-refractivity contribution is -0.142. The molecule has 0 unspecified atom stereocenters. The van der Waals surface area contributed by atoms with Crippen LogP contribution in [-0.2, 0) is 11.3 Å². The summed E-state index contributed by atoms with van der Waals surface area (Å²) in [6, 6.07) is 6.41. The molecule has 4 rings (SSSR count). The molecule has 0 atom stereocenters. The van der Waals surface area contributed by atoms with Gasteiger partial charge in [-0.05, 0) is 49.9 Å². The van der Waals surface area contributed by atoms with Crippen LogP contribution in [0.25, 0.3) is 10.2 Å². The second-order valence-corrected chi connectivity index (χ2v) is 8.62. The van der Waals surface area contributed by atoms with E-state index in [0.717, 1.165) is 27.2 Å². The fraction of sp³-hybridized carbons (Fsp3) is 0.381. The monoisotopic (exact) mass is 414 g/mol. The maximum Gasteiger partial charge on any atom is 0.306 e. The van der Waals surface area contributed by atoms with Gasteiger partial charge in [0.2, 0.25) is 5.95 Å². The predicted octanol–water partition coefficient (Wildman–Crippen LogP) is 4.36. The molecule has 0 bridgehead atoms. The zero-order valence-corrected chi connectivity index (χ0v) is 17.2. The van der Waals surface area contributed by atoms with Crippen LogP contribution in [0.2, 0.25) is 0 Å². The molecule has 3 aromatic rings. The number of nitrogens with zero attached hydrogens (tertiary/aromatic N) is 3. The minimum Gasteiger partial charge on any atom is -0.481 e. The third kappa shape index (κ3) is 4.03. The van der Waals surface area contributed by atoms with Crippen molar-refractivity contribution in [1.29, 1.82) is 0 Å². The Morgan fingerprint density at radius 1 is 1.24 bits per heavy atom. The van der Waals surface area contributed by atoms with Crippen LogP contribution >= 0.6 is 11.3 Å². The highest BCUT2D eigenvalue weighted by Gasteiger charge is 2.26. The molecule has 0 spiro atoms. The number of piperidine rings is 1. The number of carboxylic acid groups (broad SMARTS) is 1. The minimum atomic E-state index is -0.729. The number of carboxylic acids is 1. The number of aromatic nitrogens is 2. The van der Waals surface area contributed by atoms with Gasteiger partial charge in [0.15, 0.2) is 0 Å². The Labute approximate surface area is 172 Å². The van der Waals surface area contributed by atoms with Gasteiger partial charge in [-0.3, -0.25) is 4.79 Å². The van der Waals surface area contributed by atoms with E-state index in [9.17, 15) is 14.3 Å². The summed E-state index contributed by atoms with van der Waals surface area (Å²) in [5.41, 5.74) is 2.12. The number of aryl methyl sites for hydroxylation is 2. The maximum absolute atomic E-state index is 13.2. The molecule has 0 radical (unpaired) electrons. The molecule has 0 aliphatic carbocycles. The Kier molecular flexibility index (Phi) is 5.36. The number of halogens is 1. The lowest BCUT2D eigenvalue weighted by Gasteiger charge is -2.30. The summed E-state index contributed by atoms with van der Waals surface area (Å²) in [5.74, 6) is 0.111. The molecule has 1 aliphatic rings. The van der Waals surface area contributed by atoms with Crippen molar-refractivity contribution in [3.63, 3.8) is 0 Å². The van der Waals surface area contributed by atoms with E-state index >= 15 is 0 Å². The number of aliphatic carboxylic acids is 1. The summed E-state index contributed by atoms with van der Waals surface area (Å²) < 4.78 is 13.2. The minimum absolute atomic E-state index is 0.255. The molecule has 1 aliphatic heterocycles. The first-order chi connectivity index (χ1) is 13.9. The van der Waals surface area contributed by atoms with E-state index in [4.69, 9.17) is 9.97 Å². The highest BCUT2D eigenvalue weighted by Crippen LogP contribution is 2.35. The van der Waals surface area contributed by atoms with Crippen molar-refractivity contribution in [2.45, 2.75) is 33.2 Å². The van der Waals surface area contributed by atoms with Gasteiger partial charge in [0.1, 0.15) is 16.5 Å². The Bertz CT molecular complexity index is 1040. The Morgan fingerprint density at radius 2 is 1.93 bits per heavy atom. The molecule has 152 valence electrons. The number of rotatable bonds is 5. The molecular formula is C21H23FN4O2S. The fourth-order valence-electron chi connectivity index (χ4n) is 3.62. The first kappa shape index (κ1) is 19.6. The average molecular weight is 415 g/mol. The number of carbonyl (C=O) groups is 1. The van der Waals surface area contributed by atoms with Gasteiger partial charge in [-0.25, -0.2) is 9.37 Å². The highest BCUT2D eigenvalue weighted by molar-refractivity contribution is 7.18. The number of hydrogen-bond acceptors (Lipinski definition) is 6. The van der Waals surface area contributed by atoms with Crippen LogP contribution in [0.15, 0.2) is 24.3 Å². The third-order valence-electron chi connectivity index (χ3n) is 5.52. The van der Waals surface area contributed by atoms with Gasteiger partial charge in [-0.1, -0.05) is 12.1 Å². The van der Waals surface area contributed by atoms with Gasteiger partial charge in [-0.2, -0.15) is 4.98 Å². The van der Waals surface area contributed by atoms with Crippen LogP contribution < -0.4 is 10.2 Å². The SMILES string of the molecule is Cc1sc2nc(N3CCC(C(=O)O)CC3)nc(NCc3ccc(F)cc3)c2c1C. The average Bonchev–Trinajstić information content (AvgIpc) is 3.01. The Morgan fingerprint density at radius 3 is 2.59 bits per heavy atom. The topological polar surface area (TPSA) is 78.4 Å². The van der Waals surface area contributed by atoms with Gasteiger partial charge in [0, 0.05) is 24.5 Å². The van der Waals surface area contributed by atoms with Gasteiger partial charge in [0.05, 0.1) is 11.3 Å². The van der Waals surface area contributed by atoms with Crippen LogP contribution in [0.4, 0.5) is 16.2 Å². The molecule has 0 amide bonds. The molecule has 0 saturated carbocycles. The van der Waals surface area contributed by atoms with Crippen molar-refractivity contribution < 1.29 is 14.3 Å². The fourth-order valence-corrected chi connectivity index (χ4v) is 4.65. The number of anilines is 2. The van der Waals surface area contributed by atoms with Gasteiger partial charge < -0.3 is 15.3 Å². The molecule has 6 nitrogen and oxygen atoms in total. The molecule has 29 heavy (non-hydrogen) atoms. The van der Waals surface area contributed by atoms with Crippen molar-refractivity contribution in [3.05, 3.63) is 46.1 Å². The van der Waals surface area contributed by atoms with Crippen molar-refractivity contribution in [1.82, 2.24) is 9.97 Å². The normalized spacial score (nSPS) is 15.1. The van der Waals surface area contributed by atoms with E-state index in [2.05, 4.69) is 24.1 Å². The van der Waals surface area contributed by atoms with Crippen LogP contribution in [0.5, 0.6) is 0 Å². The second-order valence-electron chi connectivity index (χ2n) is 7.42. The van der Waals surface area contributed by atoms with Crippen molar-refractivity contribution in [2.75, 3.05) is 23.3 Å². The van der Waals surface area contributed by atoms with Gasteiger partial charge in [0.25, 0.3) is 0 Å². The van der Waals surface area contributed by atoms with E-state index in [0.29, 0.717) is 38.4 Å². The molecular weight excluding hydrogens is 391 g/mol. The second kappa shape index (κ2) is 7.94. The molecule has 1 saturated heterocycles. The molecule has 1 aromatic carbocycles. The Hall–Kier alpha value is -2.74. The first-order valence-corrected chi connectivity index (χ1v) is 10.5. The van der Waals surface area contributed by atoms with E-state index in [-0.39, 0.29) is 11.7 Å². The number of thiophene rings is 1. The van der Waals surface area contributed by atoms with Crippen LogP contribution in [0.1, 0.15) is 28.8 Å². The summed E-state index contributed by atoms with van der Waals surface area (Å²) in [4.78, 5) is 25.0. The lowest BCUT2D eigenvalue weighted by atomic mass is 9.97. The summed E-state index contributed by atoms with van der Waals surface area (Å²) in [5, 5.41) is 13.6. The van der Waals surface area contributed by atoms with Gasteiger partial charge in [-0.15, -0.1) is 11.3 Å². The lowest BCUT2D eigenvalue weighted by Crippen LogP contribution is -2.37. The smallest absolute Gasteiger partial charge is 0.306 e. The summed E-state index contributed by atoms with van der Waals surface area (Å²) in [7, 11) is 0. The number of hydrogen-bond donors (Lipinski definition) is 2. The standard InChI is InChI=1S/C21H23FN4O2S/c1-12-13(2)29-19-17(12)18(23-11-14-3-5-16(22)6-4-14)24-21(25-19)26-9-7-15(8-10-26)20(27)28/h3-6,15H,7-11H2,1-2H3,(H,27,28)(H,23,24,25). The maximum atomic E-state index is 13.2. The van der Waals surface area contributed by atoms with E-state index in [1.807, 2.05) is 0 Å². The van der Waals surface area contributed by atoms with Crippen molar-refractivity contribution in [2.24, 2.45) is 5.92 Å². The predicted molar refractivity (Wildman–Crippen MR) is 113 cm³/mol. The van der Waals surface area contributed by atoms with E-state index in [1.54, 1.807) is 23.5 Å². The van der Waals surface area contributed by atoms with Gasteiger partial charge >= 0.3 is 5.97 Å². The largest absolute Gasteiger partial charge is 0.481 e. The Balaban J connectivity index is 1.63. The van der Waals surface area contributed by atoms with Crippen LogP contribution in [0, 0.1) is 25.6 Å². The molecule has 2 aromatic heterocycles. The van der Waals surface area contributed by atoms with Crippen LogP contribution in [-0.4, -0.2) is 34.1 Å². The summed E-state index contributed by atoms with van der Waals surface area (Å²) >= 11 is 1.64. The number of nitrogens with one attached hydrogen (secondary N) is 1. The number of fused-ring (bicyclic) bond motifs is 1. The van der Waals surface area contributed by atoms with E-state index in [1.165, 1.54) is 17.0 Å². The zero-order valence-electron chi connectivity index (χ0n) is 16.4. The van der Waals surface area contributed by atoms with Crippen molar-refractivity contribution >= 4 is 39.3 Å². The third-order valence-corrected chi connectivity index (χ3v) is 6.62. The van der Waals surface area contributed by atoms with Crippen molar-refractivity contribution in [3.8, 4) is 0 Å². The zero-order chi connectivity index (χ0) is 20.5. The first-order valence-electron chi connectivity index (χ1n) is 9.66.